The van der Waals surface area contributed by atoms with Crippen LogP contribution in [0.1, 0.15) is 23.3 Å². The highest BCUT2D eigenvalue weighted by atomic mass is 32.2. The van der Waals surface area contributed by atoms with Crippen molar-refractivity contribution in [1.82, 2.24) is 10.3 Å². The van der Waals surface area contributed by atoms with Gasteiger partial charge in [-0.05, 0) is 30.9 Å². The summed E-state index contributed by atoms with van der Waals surface area (Å²) in [6.45, 7) is 0.649. The Morgan fingerprint density at radius 2 is 2.25 bits per heavy atom. The molecule has 0 aliphatic carbocycles. The zero-order valence-electron chi connectivity index (χ0n) is 9.29. The maximum atomic E-state index is 11.5. The predicted molar refractivity (Wildman–Crippen MR) is 67.0 cm³/mol. The molecule has 88 valence electrons. The van der Waals surface area contributed by atoms with Crippen molar-refractivity contribution in [2.24, 2.45) is 0 Å². The highest BCUT2D eigenvalue weighted by molar-refractivity contribution is 7.98. The minimum atomic E-state index is -0.255. The number of amides is 1. The number of aromatic nitrogens is 1. The molecule has 1 amide bonds. The Morgan fingerprint density at radius 3 is 2.94 bits per heavy atom. The molecule has 1 heterocycles. The Morgan fingerprint density at radius 1 is 1.44 bits per heavy atom. The Hall–Kier alpha value is -1.23. The van der Waals surface area contributed by atoms with Gasteiger partial charge in [-0.3, -0.25) is 9.59 Å². The maximum Gasteiger partial charge on any atom is 0.267 e. The van der Waals surface area contributed by atoms with Crippen molar-refractivity contribution in [2.75, 3.05) is 18.6 Å². The molecular formula is C11H16N2O2S. The van der Waals surface area contributed by atoms with Gasteiger partial charge in [0.1, 0.15) is 5.69 Å². The average Bonchev–Trinajstić information content (AvgIpc) is 2.28. The lowest BCUT2D eigenvalue weighted by atomic mass is 10.3. The highest BCUT2D eigenvalue weighted by Crippen LogP contribution is 1.98. The molecular weight excluding hydrogens is 224 g/mol. The van der Waals surface area contributed by atoms with Gasteiger partial charge in [-0.2, -0.15) is 11.8 Å². The van der Waals surface area contributed by atoms with Crippen LogP contribution in [0, 0.1) is 0 Å². The van der Waals surface area contributed by atoms with E-state index < -0.39 is 0 Å². The Labute approximate surface area is 98.8 Å². The number of hydrogen-bond acceptors (Lipinski definition) is 3. The third-order valence-electron chi connectivity index (χ3n) is 2.07. The van der Waals surface area contributed by atoms with Gasteiger partial charge in [-0.15, -0.1) is 0 Å². The Balaban J connectivity index is 2.33. The van der Waals surface area contributed by atoms with Gasteiger partial charge < -0.3 is 10.3 Å². The Kier molecular flexibility index (Phi) is 5.71. The summed E-state index contributed by atoms with van der Waals surface area (Å²) < 4.78 is 0. The van der Waals surface area contributed by atoms with Gasteiger partial charge in [-0.1, -0.05) is 6.07 Å². The summed E-state index contributed by atoms with van der Waals surface area (Å²) in [4.78, 5) is 25.0. The van der Waals surface area contributed by atoms with E-state index in [2.05, 4.69) is 16.6 Å². The summed E-state index contributed by atoms with van der Waals surface area (Å²) in [5.74, 6) is 0.889. The third kappa shape index (κ3) is 4.53. The number of aromatic amines is 1. The van der Waals surface area contributed by atoms with Crippen LogP contribution < -0.4 is 10.9 Å². The lowest BCUT2D eigenvalue weighted by Crippen LogP contribution is -2.27. The standard InChI is InChI=1S/C11H16N2O2S/c1-16-8-3-2-7-12-11(15)9-5-4-6-10(14)13-9/h4-6H,2-3,7-8H2,1H3,(H,12,15)(H,13,14). The number of hydrogen-bond donors (Lipinski definition) is 2. The number of carbonyl (C=O) groups is 1. The molecule has 0 fully saturated rings. The van der Waals surface area contributed by atoms with Crippen LogP contribution in [-0.4, -0.2) is 29.4 Å². The number of pyridine rings is 1. The molecule has 1 aromatic rings. The first-order chi connectivity index (χ1) is 7.74. The first kappa shape index (κ1) is 12.8. The zero-order valence-corrected chi connectivity index (χ0v) is 10.1. The lowest BCUT2D eigenvalue weighted by Gasteiger charge is -2.04. The normalized spacial score (nSPS) is 10.1. The van der Waals surface area contributed by atoms with E-state index in [1.165, 1.54) is 6.07 Å². The molecule has 0 aliphatic heterocycles. The van der Waals surface area contributed by atoms with Crippen LogP contribution in [0.3, 0.4) is 0 Å². The molecule has 0 bridgehead atoms. The average molecular weight is 240 g/mol. The van der Waals surface area contributed by atoms with Crippen molar-refractivity contribution >= 4 is 17.7 Å². The molecule has 0 unspecified atom stereocenters. The summed E-state index contributed by atoms with van der Waals surface area (Å²) >= 11 is 1.80. The Bertz CT molecular complexity index is 390. The number of nitrogens with one attached hydrogen (secondary N) is 2. The fraction of sp³-hybridized carbons (Fsp3) is 0.455. The van der Waals surface area contributed by atoms with E-state index >= 15 is 0 Å². The van der Waals surface area contributed by atoms with Gasteiger partial charge in [0.2, 0.25) is 5.56 Å². The van der Waals surface area contributed by atoms with Gasteiger partial charge in [0.05, 0.1) is 0 Å². The first-order valence-electron chi connectivity index (χ1n) is 5.20. The first-order valence-corrected chi connectivity index (χ1v) is 6.60. The van der Waals surface area contributed by atoms with Gasteiger partial charge in [-0.25, -0.2) is 0 Å². The molecule has 0 aliphatic rings. The lowest BCUT2D eigenvalue weighted by molar-refractivity contribution is 0.0948. The van der Waals surface area contributed by atoms with Crippen molar-refractivity contribution in [1.29, 1.82) is 0 Å². The summed E-state index contributed by atoms with van der Waals surface area (Å²) in [7, 11) is 0. The quantitative estimate of drug-likeness (QED) is 0.736. The molecule has 0 radical (unpaired) electrons. The monoisotopic (exact) mass is 240 g/mol. The number of thioether (sulfide) groups is 1. The van der Waals surface area contributed by atoms with Crippen molar-refractivity contribution < 1.29 is 4.79 Å². The van der Waals surface area contributed by atoms with Crippen LogP contribution in [0.5, 0.6) is 0 Å². The fourth-order valence-corrected chi connectivity index (χ4v) is 1.74. The minimum Gasteiger partial charge on any atom is -0.351 e. The molecule has 0 saturated carbocycles. The van der Waals surface area contributed by atoms with Crippen LogP contribution >= 0.6 is 11.8 Å². The summed E-state index contributed by atoms with van der Waals surface area (Å²) in [5.41, 5.74) is 0.0624. The molecule has 0 aromatic carbocycles. The van der Waals surface area contributed by atoms with E-state index in [-0.39, 0.29) is 11.5 Å². The van der Waals surface area contributed by atoms with Crippen LogP contribution in [0.4, 0.5) is 0 Å². The fourth-order valence-electron chi connectivity index (χ4n) is 1.25. The second kappa shape index (κ2) is 7.11. The third-order valence-corrected chi connectivity index (χ3v) is 2.77. The number of H-pyrrole nitrogens is 1. The van der Waals surface area contributed by atoms with E-state index in [0.717, 1.165) is 18.6 Å². The van der Waals surface area contributed by atoms with Crippen LogP contribution in [-0.2, 0) is 0 Å². The highest BCUT2D eigenvalue weighted by Gasteiger charge is 2.04. The van der Waals surface area contributed by atoms with E-state index in [1.54, 1.807) is 23.9 Å². The number of unbranched alkanes of at least 4 members (excludes halogenated alkanes) is 1. The summed E-state index contributed by atoms with van der Waals surface area (Å²) in [6.07, 6.45) is 4.11. The predicted octanol–water partition coefficient (Wildman–Crippen LogP) is 1.25. The number of carbonyl (C=O) groups excluding carboxylic acids is 1. The van der Waals surface area contributed by atoms with Gasteiger partial charge in [0.15, 0.2) is 0 Å². The number of rotatable bonds is 6. The van der Waals surface area contributed by atoms with Gasteiger partial charge in [0, 0.05) is 12.6 Å². The van der Waals surface area contributed by atoms with Crippen molar-refractivity contribution in [3.05, 3.63) is 34.2 Å². The van der Waals surface area contributed by atoms with Crippen molar-refractivity contribution in [2.45, 2.75) is 12.8 Å². The van der Waals surface area contributed by atoms with Crippen LogP contribution in [0.2, 0.25) is 0 Å². The zero-order chi connectivity index (χ0) is 11.8. The van der Waals surface area contributed by atoms with E-state index in [0.29, 0.717) is 12.2 Å². The van der Waals surface area contributed by atoms with Crippen molar-refractivity contribution in [3.63, 3.8) is 0 Å². The largest absolute Gasteiger partial charge is 0.351 e. The summed E-state index contributed by atoms with van der Waals surface area (Å²) in [6, 6.07) is 4.55. The van der Waals surface area contributed by atoms with Crippen LogP contribution in [0.25, 0.3) is 0 Å². The smallest absolute Gasteiger partial charge is 0.267 e. The second-order valence-corrected chi connectivity index (χ2v) is 4.37. The SMILES string of the molecule is CSCCCCNC(=O)c1cccc(=O)[nH]1. The molecule has 16 heavy (non-hydrogen) atoms. The molecule has 5 heteroatoms. The molecule has 0 saturated heterocycles. The summed E-state index contributed by atoms with van der Waals surface area (Å²) in [5, 5.41) is 2.77. The minimum absolute atomic E-state index is 0.221. The topological polar surface area (TPSA) is 62.0 Å². The van der Waals surface area contributed by atoms with Gasteiger partial charge in [0.25, 0.3) is 5.91 Å². The molecule has 1 rings (SSSR count). The molecule has 1 aromatic heterocycles. The molecule has 4 nitrogen and oxygen atoms in total. The van der Waals surface area contributed by atoms with E-state index in [4.69, 9.17) is 0 Å². The molecule has 2 N–H and O–H groups in total. The second-order valence-electron chi connectivity index (χ2n) is 3.38. The van der Waals surface area contributed by atoms with E-state index in [9.17, 15) is 9.59 Å². The molecule has 0 atom stereocenters. The van der Waals surface area contributed by atoms with Crippen LogP contribution in [0.15, 0.2) is 23.0 Å². The van der Waals surface area contributed by atoms with Crippen molar-refractivity contribution in [3.8, 4) is 0 Å². The maximum absolute atomic E-state index is 11.5. The van der Waals surface area contributed by atoms with E-state index in [1.807, 2.05) is 0 Å². The molecule has 0 spiro atoms. The van der Waals surface area contributed by atoms with Gasteiger partial charge >= 0.3 is 0 Å².